The van der Waals surface area contributed by atoms with E-state index in [-0.39, 0.29) is 12.3 Å². The second-order valence-electron chi connectivity index (χ2n) is 5.06. The Labute approximate surface area is 123 Å². The first-order valence-corrected chi connectivity index (χ1v) is 8.23. The fraction of sp³-hybridized carbons (Fsp3) is 0.429. The number of nitriles is 1. The largest absolute Gasteiger partial charge is 0.481 e. The van der Waals surface area contributed by atoms with Gasteiger partial charge in [0.25, 0.3) is 0 Å². The molecule has 1 aliphatic rings. The minimum Gasteiger partial charge on any atom is -0.481 e. The summed E-state index contributed by atoms with van der Waals surface area (Å²) in [6.45, 7) is 0.340. The van der Waals surface area contributed by atoms with Crippen molar-refractivity contribution in [1.29, 1.82) is 5.26 Å². The molecule has 1 aromatic rings. The van der Waals surface area contributed by atoms with Gasteiger partial charge in [0, 0.05) is 13.1 Å². The first-order chi connectivity index (χ1) is 9.94. The molecule has 0 unspecified atom stereocenters. The molecule has 1 saturated heterocycles. The maximum atomic E-state index is 12.4. The van der Waals surface area contributed by atoms with E-state index in [2.05, 4.69) is 0 Å². The zero-order chi connectivity index (χ0) is 15.5. The lowest BCUT2D eigenvalue weighted by molar-refractivity contribution is -0.142. The van der Waals surface area contributed by atoms with Gasteiger partial charge in [-0.2, -0.15) is 5.26 Å². The van der Waals surface area contributed by atoms with E-state index in [9.17, 15) is 13.2 Å². The standard InChI is InChI=1S/C14H16N2O4S/c15-8-11-4-1-2-5-13(11)10-21(19,20)16-7-3-6-12(9-16)14(17)18/h1-2,4-5,12H,3,6-7,9-10H2,(H,17,18)/t12-/m1/s1. The van der Waals surface area contributed by atoms with Crippen LogP contribution in [-0.4, -0.2) is 36.9 Å². The Hall–Kier alpha value is -1.91. The summed E-state index contributed by atoms with van der Waals surface area (Å²) in [4.78, 5) is 11.0. The van der Waals surface area contributed by atoms with Gasteiger partial charge in [-0.1, -0.05) is 18.2 Å². The van der Waals surface area contributed by atoms with Gasteiger partial charge in [0.1, 0.15) is 0 Å². The number of hydrogen-bond acceptors (Lipinski definition) is 4. The molecule has 0 spiro atoms. The van der Waals surface area contributed by atoms with Crippen LogP contribution in [0.1, 0.15) is 24.0 Å². The average molecular weight is 308 g/mol. The Bertz CT molecular complexity index is 678. The SMILES string of the molecule is N#Cc1ccccc1CS(=O)(=O)N1CCC[C@@H](C(=O)O)C1. The fourth-order valence-electron chi connectivity index (χ4n) is 2.44. The van der Waals surface area contributed by atoms with Crippen LogP contribution in [0.15, 0.2) is 24.3 Å². The second kappa shape index (κ2) is 6.24. The van der Waals surface area contributed by atoms with Crippen molar-refractivity contribution in [3.63, 3.8) is 0 Å². The Morgan fingerprint density at radius 2 is 2.14 bits per heavy atom. The molecule has 1 heterocycles. The lowest BCUT2D eigenvalue weighted by atomic mass is 10.0. The molecule has 0 amide bonds. The van der Waals surface area contributed by atoms with Crippen LogP contribution >= 0.6 is 0 Å². The number of piperidine rings is 1. The smallest absolute Gasteiger partial charge is 0.307 e. The molecule has 0 bridgehead atoms. The molecule has 2 rings (SSSR count). The summed E-state index contributed by atoms with van der Waals surface area (Å²) in [5.74, 6) is -1.89. The highest BCUT2D eigenvalue weighted by Crippen LogP contribution is 2.22. The van der Waals surface area contributed by atoms with E-state index in [0.717, 1.165) is 0 Å². The molecule has 1 N–H and O–H groups in total. The molecule has 6 nitrogen and oxygen atoms in total. The molecule has 0 saturated carbocycles. The van der Waals surface area contributed by atoms with Crippen molar-refractivity contribution in [2.45, 2.75) is 18.6 Å². The summed E-state index contributed by atoms with van der Waals surface area (Å²) in [6.07, 6.45) is 1.03. The first-order valence-electron chi connectivity index (χ1n) is 6.62. The highest BCUT2D eigenvalue weighted by atomic mass is 32.2. The number of nitrogens with zero attached hydrogens (tertiary/aromatic N) is 2. The number of carbonyl (C=O) groups is 1. The zero-order valence-electron chi connectivity index (χ0n) is 11.4. The molecule has 0 aliphatic carbocycles. The number of carboxylic acids is 1. The van der Waals surface area contributed by atoms with Crippen molar-refractivity contribution in [1.82, 2.24) is 4.31 Å². The van der Waals surface area contributed by atoms with Gasteiger partial charge >= 0.3 is 5.97 Å². The van der Waals surface area contributed by atoms with Crippen molar-refractivity contribution < 1.29 is 18.3 Å². The molecule has 1 atom stereocenters. The number of carboxylic acid groups (broad SMARTS) is 1. The highest BCUT2D eigenvalue weighted by Gasteiger charge is 2.32. The molecular weight excluding hydrogens is 292 g/mol. The third-order valence-electron chi connectivity index (χ3n) is 3.60. The summed E-state index contributed by atoms with van der Waals surface area (Å²) < 4.78 is 26.1. The molecule has 1 fully saturated rings. The van der Waals surface area contributed by atoms with Crippen molar-refractivity contribution in [3.8, 4) is 6.07 Å². The predicted octanol–water partition coefficient (Wildman–Crippen LogP) is 1.18. The molecular formula is C14H16N2O4S. The summed E-state index contributed by atoms with van der Waals surface area (Å²) in [6, 6.07) is 8.51. The third-order valence-corrected chi connectivity index (χ3v) is 5.40. The second-order valence-corrected chi connectivity index (χ2v) is 7.03. The molecule has 1 aliphatic heterocycles. The average Bonchev–Trinajstić information content (AvgIpc) is 2.47. The number of aliphatic carboxylic acids is 1. The van der Waals surface area contributed by atoms with Crippen LogP contribution in [-0.2, 0) is 20.6 Å². The topological polar surface area (TPSA) is 98.5 Å². The normalized spacial score (nSPS) is 19.9. The van der Waals surface area contributed by atoms with Crippen LogP contribution in [0, 0.1) is 17.2 Å². The maximum absolute atomic E-state index is 12.4. The summed E-state index contributed by atoms with van der Waals surface area (Å²) in [5.41, 5.74) is 0.769. The van der Waals surface area contributed by atoms with Crippen LogP contribution in [0.25, 0.3) is 0 Å². The van der Waals surface area contributed by atoms with Crippen LogP contribution in [0.2, 0.25) is 0 Å². The van der Waals surface area contributed by atoms with E-state index in [1.165, 1.54) is 4.31 Å². The number of sulfonamides is 1. The van der Waals surface area contributed by atoms with Gasteiger partial charge in [0.2, 0.25) is 10.0 Å². The molecule has 112 valence electrons. The predicted molar refractivity (Wildman–Crippen MR) is 75.7 cm³/mol. The van der Waals surface area contributed by atoms with E-state index in [1.54, 1.807) is 24.3 Å². The van der Waals surface area contributed by atoms with Crippen molar-refractivity contribution in [3.05, 3.63) is 35.4 Å². The Morgan fingerprint density at radius 3 is 2.81 bits per heavy atom. The van der Waals surface area contributed by atoms with Gasteiger partial charge in [0.05, 0.1) is 23.3 Å². The molecule has 7 heteroatoms. The lowest BCUT2D eigenvalue weighted by Crippen LogP contribution is -2.42. The van der Waals surface area contributed by atoms with Gasteiger partial charge in [-0.25, -0.2) is 12.7 Å². The zero-order valence-corrected chi connectivity index (χ0v) is 12.2. The molecule has 21 heavy (non-hydrogen) atoms. The first kappa shape index (κ1) is 15.5. The highest BCUT2D eigenvalue weighted by molar-refractivity contribution is 7.88. The van der Waals surface area contributed by atoms with E-state index < -0.39 is 21.9 Å². The van der Waals surface area contributed by atoms with Crippen molar-refractivity contribution in [2.24, 2.45) is 5.92 Å². The van der Waals surface area contributed by atoms with Crippen molar-refractivity contribution in [2.75, 3.05) is 13.1 Å². The van der Waals surface area contributed by atoms with E-state index >= 15 is 0 Å². The van der Waals surface area contributed by atoms with E-state index in [4.69, 9.17) is 10.4 Å². The Balaban J connectivity index is 2.19. The Morgan fingerprint density at radius 1 is 1.43 bits per heavy atom. The van der Waals surface area contributed by atoms with Crippen LogP contribution < -0.4 is 0 Å². The van der Waals surface area contributed by atoms with E-state index in [0.29, 0.717) is 30.5 Å². The fourth-order valence-corrected chi connectivity index (χ4v) is 4.08. The summed E-state index contributed by atoms with van der Waals surface area (Å²) in [7, 11) is -3.62. The van der Waals surface area contributed by atoms with Gasteiger partial charge in [0.15, 0.2) is 0 Å². The molecule has 1 aromatic carbocycles. The van der Waals surface area contributed by atoms with E-state index in [1.807, 2.05) is 6.07 Å². The maximum Gasteiger partial charge on any atom is 0.307 e. The third kappa shape index (κ3) is 3.60. The Kier molecular flexibility index (Phi) is 4.60. The minimum atomic E-state index is -3.62. The number of rotatable bonds is 4. The van der Waals surface area contributed by atoms with Gasteiger partial charge in [-0.05, 0) is 24.5 Å². The van der Waals surface area contributed by atoms with Crippen LogP contribution in [0.3, 0.4) is 0 Å². The van der Waals surface area contributed by atoms with Crippen LogP contribution in [0.4, 0.5) is 0 Å². The molecule has 0 aromatic heterocycles. The summed E-state index contributed by atoms with van der Waals surface area (Å²) in [5, 5.41) is 18.0. The number of benzene rings is 1. The quantitative estimate of drug-likeness (QED) is 0.900. The van der Waals surface area contributed by atoms with Gasteiger partial charge < -0.3 is 5.11 Å². The minimum absolute atomic E-state index is 0.00634. The van der Waals surface area contributed by atoms with Gasteiger partial charge in [-0.3, -0.25) is 4.79 Å². The lowest BCUT2D eigenvalue weighted by Gasteiger charge is -2.29. The van der Waals surface area contributed by atoms with Crippen LogP contribution in [0.5, 0.6) is 0 Å². The molecule has 0 radical (unpaired) electrons. The monoisotopic (exact) mass is 308 g/mol. The summed E-state index contributed by atoms with van der Waals surface area (Å²) >= 11 is 0. The van der Waals surface area contributed by atoms with Crippen molar-refractivity contribution >= 4 is 16.0 Å². The van der Waals surface area contributed by atoms with Gasteiger partial charge in [-0.15, -0.1) is 0 Å². The number of hydrogen-bond donors (Lipinski definition) is 1.